The molecule has 0 N–H and O–H groups in total. The molecule has 2 heteroatoms. The molecule has 82 valence electrons. The van der Waals surface area contributed by atoms with Crippen LogP contribution in [0.5, 0.6) is 0 Å². The highest BCUT2D eigenvalue weighted by atomic mass is 15.4. The number of hydrogen-bond acceptors (Lipinski definition) is 2. The molecule has 0 aromatic heterocycles. The Balaban J connectivity index is 1.98. The minimum atomic E-state index is 0.359. The Labute approximate surface area is 88.3 Å². The minimum Gasteiger partial charge on any atom is -0.298 e. The van der Waals surface area contributed by atoms with Crippen LogP contribution in [0.2, 0.25) is 0 Å². The van der Waals surface area contributed by atoms with Crippen molar-refractivity contribution in [1.29, 1.82) is 0 Å². The number of likely N-dealkylation sites (N-methyl/N-ethyl adjacent to an activating group) is 1. The summed E-state index contributed by atoms with van der Waals surface area (Å²) in [5, 5.41) is 0. The van der Waals surface area contributed by atoms with E-state index in [-0.39, 0.29) is 0 Å². The molecule has 0 aromatic carbocycles. The lowest BCUT2D eigenvalue weighted by Crippen LogP contribution is -2.70. The van der Waals surface area contributed by atoms with E-state index in [1.54, 1.807) is 0 Å². The van der Waals surface area contributed by atoms with Crippen molar-refractivity contribution in [2.45, 2.75) is 45.2 Å². The highest BCUT2D eigenvalue weighted by Gasteiger charge is 2.52. The average molecular weight is 196 g/mol. The Bertz CT molecular complexity index is 223. The molecule has 1 unspecified atom stereocenters. The van der Waals surface area contributed by atoms with E-state index in [1.807, 2.05) is 0 Å². The van der Waals surface area contributed by atoms with Gasteiger partial charge in [0.05, 0.1) is 0 Å². The van der Waals surface area contributed by atoms with Gasteiger partial charge in [0.15, 0.2) is 0 Å². The molecule has 2 rings (SSSR count). The molecule has 2 nitrogen and oxygen atoms in total. The molecule has 0 saturated carbocycles. The van der Waals surface area contributed by atoms with Gasteiger partial charge in [-0.1, -0.05) is 6.92 Å². The molecule has 0 aromatic rings. The first-order valence-corrected chi connectivity index (χ1v) is 5.80. The van der Waals surface area contributed by atoms with E-state index in [9.17, 15) is 0 Å². The average Bonchev–Trinajstić information content (AvgIpc) is 2.19. The highest BCUT2D eigenvalue weighted by Crippen LogP contribution is 2.41. The second-order valence-electron chi connectivity index (χ2n) is 6.44. The van der Waals surface area contributed by atoms with Crippen LogP contribution in [-0.2, 0) is 0 Å². The highest BCUT2D eigenvalue weighted by molar-refractivity contribution is 5.10. The van der Waals surface area contributed by atoms with Gasteiger partial charge in [-0.2, -0.15) is 0 Å². The molecule has 14 heavy (non-hydrogen) atoms. The molecule has 0 bridgehead atoms. The SMILES string of the molecule is CC1CN(C)C2(C1)CN(C(C)(C)C)C2. The molecule has 2 fully saturated rings. The summed E-state index contributed by atoms with van der Waals surface area (Å²) < 4.78 is 0. The number of nitrogens with zero attached hydrogens (tertiary/aromatic N) is 2. The van der Waals surface area contributed by atoms with E-state index >= 15 is 0 Å². The third-order valence-corrected chi connectivity index (χ3v) is 4.04. The molecule has 2 aliphatic rings. The molecule has 0 aliphatic carbocycles. The van der Waals surface area contributed by atoms with E-state index in [0.29, 0.717) is 11.1 Å². The third kappa shape index (κ3) is 1.49. The van der Waals surface area contributed by atoms with Crippen LogP contribution in [0.25, 0.3) is 0 Å². The van der Waals surface area contributed by atoms with E-state index < -0.39 is 0 Å². The standard InChI is InChI=1S/C12H24N2/c1-10-6-12(13(5)7-10)8-14(9-12)11(2,3)4/h10H,6-9H2,1-5H3. The predicted molar refractivity (Wildman–Crippen MR) is 60.5 cm³/mol. The smallest absolute Gasteiger partial charge is 0.0463 e. The lowest BCUT2D eigenvalue weighted by Gasteiger charge is -2.57. The first kappa shape index (κ1) is 10.4. The zero-order chi connectivity index (χ0) is 10.6. The van der Waals surface area contributed by atoms with Gasteiger partial charge < -0.3 is 0 Å². The fraction of sp³-hybridized carbons (Fsp3) is 1.00. The largest absolute Gasteiger partial charge is 0.298 e. The van der Waals surface area contributed by atoms with Crippen LogP contribution in [0.1, 0.15) is 34.1 Å². The van der Waals surface area contributed by atoms with Crippen molar-refractivity contribution >= 4 is 0 Å². The summed E-state index contributed by atoms with van der Waals surface area (Å²) in [7, 11) is 2.30. The topological polar surface area (TPSA) is 6.48 Å². The zero-order valence-corrected chi connectivity index (χ0v) is 10.3. The van der Waals surface area contributed by atoms with Crippen molar-refractivity contribution in [3.05, 3.63) is 0 Å². The van der Waals surface area contributed by atoms with Gasteiger partial charge in [-0.25, -0.2) is 0 Å². The maximum atomic E-state index is 2.60. The Morgan fingerprint density at radius 3 is 2.14 bits per heavy atom. The van der Waals surface area contributed by atoms with Crippen molar-refractivity contribution in [3.63, 3.8) is 0 Å². The van der Waals surface area contributed by atoms with E-state index in [0.717, 1.165) is 5.92 Å². The van der Waals surface area contributed by atoms with Gasteiger partial charge in [-0.3, -0.25) is 9.80 Å². The Hall–Kier alpha value is -0.0800. The maximum Gasteiger partial charge on any atom is 0.0463 e. The van der Waals surface area contributed by atoms with Crippen LogP contribution >= 0.6 is 0 Å². The Morgan fingerprint density at radius 2 is 1.79 bits per heavy atom. The molecule has 2 saturated heterocycles. The lowest BCUT2D eigenvalue weighted by atomic mass is 9.81. The van der Waals surface area contributed by atoms with Gasteiger partial charge in [0, 0.05) is 30.7 Å². The van der Waals surface area contributed by atoms with Gasteiger partial charge in [-0.15, -0.1) is 0 Å². The zero-order valence-electron chi connectivity index (χ0n) is 10.3. The van der Waals surface area contributed by atoms with Gasteiger partial charge in [-0.05, 0) is 40.2 Å². The van der Waals surface area contributed by atoms with Gasteiger partial charge in [0.2, 0.25) is 0 Å². The van der Waals surface area contributed by atoms with Crippen molar-refractivity contribution < 1.29 is 0 Å². The minimum absolute atomic E-state index is 0.359. The van der Waals surface area contributed by atoms with Crippen molar-refractivity contribution in [3.8, 4) is 0 Å². The summed E-state index contributed by atoms with van der Waals surface area (Å²) >= 11 is 0. The third-order valence-electron chi connectivity index (χ3n) is 4.04. The molecule has 1 spiro atoms. The van der Waals surface area contributed by atoms with Gasteiger partial charge in [0.1, 0.15) is 0 Å². The summed E-state index contributed by atoms with van der Waals surface area (Å²) in [6.45, 7) is 13.2. The van der Waals surface area contributed by atoms with Crippen molar-refractivity contribution in [1.82, 2.24) is 9.80 Å². The van der Waals surface area contributed by atoms with Crippen LogP contribution in [0, 0.1) is 5.92 Å². The lowest BCUT2D eigenvalue weighted by molar-refractivity contribution is -0.0664. The van der Waals surface area contributed by atoms with E-state index in [1.165, 1.54) is 26.1 Å². The molecule has 2 aliphatic heterocycles. The van der Waals surface area contributed by atoms with Crippen molar-refractivity contribution in [2.75, 3.05) is 26.7 Å². The van der Waals surface area contributed by atoms with Crippen LogP contribution in [-0.4, -0.2) is 47.6 Å². The van der Waals surface area contributed by atoms with Gasteiger partial charge >= 0.3 is 0 Å². The maximum absolute atomic E-state index is 2.60. The number of hydrogen-bond donors (Lipinski definition) is 0. The van der Waals surface area contributed by atoms with Crippen LogP contribution in [0.15, 0.2) is 0 Å². The number of likely N-dealkylation sites (tertiary alicyclic amines) is 2. The van der Waals surface area contributed by atoms with Crippen LogP contribution in [0.3, 0.4) is 0 Å². The normalized spacial score (nSPS) is 33.6. The second kappa shape index (κ2) is 2.96. The monoisotopic (exact) mass is 196 g/mol. The van der Waals surface area contributed by atoms with E-state index in [2.05, 4.69) is 44.5 Å². The fourth-order valence-corrected chi connectivity index (χ4v) is 3.04. The first-order valence-electron chi connectivity index (χ1n) is 5.80. The summed E-state index contributed by atoms with van der Waals surface area (Å²) in [6.07, 6.45) is 1.40. The summed E-state index contributed by atoms with van der Waals surface area (Å²) in [6, 6.07) is 0. The first-order chi connectivity index (χ1) is 6.33. The Kier molecular flexibility index (Phi) is 2.20. The van der Waals surface area contributed by atoms with Crippen LogP contribution < -0.4 is 0 Å². The molecular weight excluding hydrogens is 172 g/mol. The van der Waals surface area contributed by atoms with Crippen LogP contribution in [0.4, 0.5) is 0 Å². The fourth-order valence-electron chi connectivity index (χ4n) is 3.04. The molecule has 1 atom stereocenters. The summed E-state index contributed by atoms with van der Waals surface area (Å²) in [5.74, 6) is 0.891. The Morgan fingerprint density at radius 1 is 1.21 bits per heavy atom. The number of rotatable bonds is 0. The van der Waals surface area contributed by atoms with E-state index in [4.69, 9.17) is 0 Å². The summed E-state index contributed by atoms with van der Waals surface area (Å²) in [4.78, 5) is 5.18. The van der Waals surface area contributed by atoms with Gasteiger partial charge in [0.25, 0.3) is 0 Å². The molecule has 0 amide bonds. The quantitative estimate of drug-likeness (QED) is 0.583. The summed E-state index contributed by atoms with van der Waals surface area (Å²) in [5.41, 5.74) is 0.893. The molecule has 2 heterocycles. The predicted octanol–water partition coefficient (Wildman–Crippen LogP) is 1.81. The molecule has 0 radical (unpaired) electrons. The molecular formula is C12H24N2. The second-order valence-corrected chi connectivity index (χ2v) is 6.44. The van der Waals surface area contributed by atoms with Crippen molar-refractivity contribution in [2.24, 2.45) is 5.92 Å².